The van der Waals surface area contributed by atoms with E-state index in [-0.39, 0.29) is 17.6 Å². The number of nitrogens with one attached hydrogen (secondary N) is 1. The fourth-order valence-corrected chi connectivity index (χ4v) is 2.12. The molecule has 102 valence electrons. The number of halogens is 1. The minimum atomic E-state index is -0.355. The largest absolute Gasteiger partial charge is 0.494 e. The van der Waals surface area contributed by atoms with Gasteiger partial charge in [-0.2, -0.15) is 5.10 Å². The van der Waals surface area contributed by atoms with Gasteiger partial charge in [-0.25, -0.2) is 4.39 Å². The zero-order chi connectivity index (χ0) is 13.8. The molecule has 5 heteroatoms. The lowest BCUT2D eigenvalue weighted by Crippen LogP contribution is -2.24. The van der Waals surface area contributed by atoms with Crippen molar-refractivity contribution in [3.8, 4) is 5.75 Å². The first-order chi connectivity index (χ1) is 9.17. The molecule has 0 bridgehead atoms. The van der Waals surface area contributed by atoms with E-state index in [2.05, 4.69) is 10.4 Å². The molecule has 0 aliphatic heterocycles. The third-order valence-corrected chi connectivity index (χ3v) is 3.07. The monoisotopic (exact) mass is 263 g/mol. The van der Waals surface area contributed by atoms with Crippen molar-refractivity contribution >= 4 is 0 Å². The summed E-state index contributed by atoms with van der Waals surface area (Å²) in [7, 11) is 3.36. The molecule has 19 heavy (non-hydrogen) atoms. The standard InChI is InChI=1S/C14H18FN3O/c1-4-16-14(12-7-8-17-18(12)2)10-5-6-11(15)13(9-10)19-3/h5-9,14,16H,4H2,1-3H3. The van der Waals surface area contributed by atoms with Crippen LogP contribution in [0.25, 0.3) is 0 Å². The number of methoxy groups -OCH3 is 1. The van der Waals surface area contributed by atoms with Crippen molar-refractivity contribution in [2.45, 2.75) is 13.0 Å². The first kappa shape index (κ1) is 13.5. The maximum absolute atomic E-state index is 13.5. The Balaban J connectivity index is 2.42. The summed E-state index contributed by atoms with van der Waals surface area (Å²) in [5, 5.41) is 7.55. The van der Waals surface area contributed by atoms with Crippen LogP contribution in [0, 0.1) is 5.82 Å². The number of rotatable bonds is 5. The van der Waals surface area contributed by atoms with Crippen molar-refractivity contribution in [1.29, 1.82) is 0 Å². The van der Waals surface area contributed by atoms with Gasteiger partial charge in [-0.1, -0.05) is 13.0 Å². The number of nitrogens with zero attached hydrogens (tertiary/aromatic N) is 2. The Labute approximate surface area is 112 Å². The first-order valence-electron chi connectivity index (χ1n) is 6.22. The van der Waals surface area contributed by atoms with E-state index >= 15 is 0 Å². The van der Waals surface area contributed by atoms with Gasteiger partial charge in [0.05, 0.1) is 18.8 Å². The van der Waals surface area contributed by atoms with Crippen molar-refractivity contribution in [3.63, 3.8) is 0 Å². The Hall–Kier alpha value is -1.88. The highest BCUT2D eigenvalue weighted by Crippen LogP contribution is 2.26. The second kappa shape index (κ2) is 5.84. The molecule has 0 amide bonds. The SMILES string of the molecule is CCNC(c1ccc(F)c(OC)c1)c1ccnn1C. The molecule has 0 spiro atoms. The van der Waals surface area contributed by atoms with Gasteiger partial charge in [0.15, 0.2) is 11.6 Å². The molecule has 1 unspecified atom stereocenters. The van der Waals surface area contributed by atoms with Gasteiger partial charge in [0.25, 0.3) is 0 Å². The molecule has 0 radical (unpaired) electrons. The number of aromatic nitrogens is 2. The topological polar surface area (TPSA) is 39.1 Å². The summed E-state index contributed by atoms with van der Waals surface area (Å²) in [6.45, 7) is 2.83. The van der Waals surface area contributed by atoms with E-state index in [9.17, 15) is 4.39 Å². The van der Waals surface area contributed by atoms with E-state index < -0.39 is 0 Å². The smallest absolute Gasteiger partial charge is 0.165 e. The number of aryl methyl sites for hydroxylation is 1. The Kier molecular flexibility index (Phi) is 4.16. The van der Waals surface area contributed by atoms with Gasteiger partial charge in [0.1, 0.15) is 0 Å². The lowest BCUT2D eigenvalue weighted by atomic mass is 10.0. The van der Waals surface area contributed by atoms with Crippen LogP contribution in [0.15, 0.2) is 30.5 Å². The van der Waals surface area contributed by atoms with Crippen LogP contribution in [-0.2, 0) is 7.05 Å². The Morgan fingerprint density at radius 2 is 2.21 bits per heavy atom. The number of ether oxygens (including phenoxy) is 1. The molecule has 4 nitrogen and oxygen atoms in total. The highest BCUT2D eigenvalue weighted by Gasteiger charge is 2.17. The van der Waals surface area contributed by atoms with E-state index in [1.807, 2.05) is 24.7 Å². The van der Waals surface area contributed by atoms with E-state index in [1.165, 1.54) is 13.2 Å². The van der Waals surface area contributed by atoms with Crippen molar-refractivity contribution in [2.24, 2.45) is 7.05 Å². The molecule has 1 atom stereocenters. The maximum Gasteiger partial charge on any atom is 0.165 e. The third-order valence-electron chi connectivity index (χ3n) is 3.07. The van der Waals surface area contributed by atoms with Gasteiger partial charge in [0.2, 0.25) is 0 Å². The average molecular weight is 263 g/mol. The molecule has 2 rings (SSSR count). The summed E-state index contributed by atoms with van der Waals surface area (Å²) in [4.78, 5) is 0. The molecule has 0 aliphatic carbocycles. The van der Waals surface area contributed by atoms with Gasteiger partial charge < -0.3 is 10.1 Å². The summed E-state index contributed by atoms with van der Waals surface area (Å²) in [5.74, 6) is -0.103. The molecule has 0 aliphatic rings. The van der Waals surface area contributed by atoms with E-state index in [1.54, 1.807) is 18.3 Å². The Morgan fingerprint density at radius 3 is 2.79 bits per heavy atom. The molecule has 1 aromatic carbocycles. The number of hydrogen-bond donors (Lipinski definition) is 1. The summed E-state index contributed by atoms with van der Waals surface area (Å²) in [6, 6.07) is 6.82. The van der Waals surface area contributed by atoms with Crippen LogP contribution < -0.4 is 10.1 Å². The van der Waals surface area contributed by atoms with E-state index in [0.29, 0.717) is 0 Å². The van der Waals surface area contributed by atoms with Gasteiger partial charge in [-0.3, -0.25) is 4.68 Å². The van der Waals surface area contributed by atoms with Crippen molar-refractivity contribution < 1.29 is 9.13 Å². The van der Waals surface area contributed by atoms with Crippen molar-refractivity contribution in [2.75, 3.05) is 13.7 Å². The molecule has 1 aromatic heterocycles. The zero-order valence-corrected chi connectivity index (χ0v) is 11.4. The number of benzene rings is 1. The normalized spacial score (nSPS) is 12.4. The van der Waals surface area contributed by atoms with Crippen LogP contribution in [0.4, 0.5) is 4.39 Å². The summed E-state index contributed by atoms with van der Waals surface area (Å²) < 4.78 is 20.3. The van der Waals surface area contributed by atoms with Crippen LogP contribution in [0.1, 0.15) is 24.2 Å². The molecule has 1 heterocycles. The summed E-state index contributed by atoms with van der Waals surface area (Å²) in [6.07, 6.45) is 1.75. The van der Waals surface area contributed by atoms with E-state index in [0.717, 1.165) is 17.8 Å². The predicted molar refractivity (Wildman–Crippen MR) is 71.7 cm³/mol. The van der Waals surface area contributed by atoms with Gasteiger partial charge in [-0.15, -0.1) is 0 Å². The van der Waals surface area contributed by atoms with Crippen LogP contribution in [0.5, 0.6) is 5.75 Å². The summed E-state index contributed by atoms with van der Waals surface area (Å²) in [5.41, 5.74) is 1.97. The minimum absolute atomic E-state index is 0.0352. The Morgan fingerprint density at radius 1 is 1.42 bits per heavy atom. The lowest BCUT2D eigenvalue weighted by molar-refractivity contribution is 0.385. The van der Waals surface area contributed by atoms with Crippen molar-refractivity contribution in [3.05, 3.63) is 47.5 Å². The number of hydrogen-bond acceptors (Lipinski definition) is 3. The molecular formula is C14H18FN3O. The summed E-state index contributed by atoms with van der Waals surface area (Å²) >= 11 is 0. The van der Waals surface area contributed by atoms with Crippen LogP contribution in [0.2, 0.25) is 0 Å². The second-order valence-corrected chi connectivity index (χ2v) is 4.26. The Bertz CT molecular complexity index is 553. The highest BCUT2D eigenvalue weighted by molar-refractivity contribution is 5.35. The average Bonchev–Trinajstić information content (AvgIpc) is 2.83. The first-order valence-corrected chi connectivity index (χ1v) is 6.22. The highest BCUT2D eigenvalue weighted by atomic mass is 19.1. The van der Waals surface area contributed by atoms with E-state index in [4.69, 9.17) is 4.74 Å². The van der Waals surface area contributed by atoms with Gasteiger partial charge >= 0.3 is 0 Å². The molecule has 2 aromatic rings. The molecule has 0 fully saturated rings. The van der Waals surface area contributed by atoms with Gasteiger partial charge in [-0.05, 0) is 30.3 Å². The quantitative estimate of drug-likeness (QED) is 0.899. The fourth-order valence-electron chi connectivity index (χ4n) is 2.12. The maximum atomic E-state index is 13.5. The van der Waals surface area contributed by atoms with Crippen LogP contribution >= 0.6 is 0 Å². The van der Waals surface area contributed by atoms with Crippen molar-refractivity contribution in [1.82, 2.24) is 15.1 Å². The second-order valence-electron chi connectivity index (χ2n) is 4.26. The predicted octanol–water partition coefficient (Wildman–Crippen LogP) is 2.27. The zero-order valence-electron chi connectivity index (χ0n) is 11.4. The molecular weight excluding hydrogens is 245 g/mol. The minimum Gasteiger partial charge on any atom is -0.494 e. The molecule has 1 N–H and O–H groups in total. The van der Waals surface area contributed by atoms with Crippen LogP contribution in [-0.4, -0.2) is 23.4 Å². The fraction of sp³-hybridized carbons (Fsp3) is 0.357. The molecule has 0 saturated heterocycles. The van der Waals surface area contributed by atoms with Gasteiger partial charge in [0, 0.05) is 13.2 Å². The third kappa shape index (κ3) is 2.76. The lowest BCUT2D eigenvalue weighted by Gasteiger charge is -2.19. The van der Waals surface area contributed by atoms with Crippen LogP contribution in [0.3, 0.4) is 0 Å². The molecule has 0 saturated carbocycles.